The number of fused-ring (bicyclic) bond motifs is 1. The summed E-state index contributed by atoms with van der Waals surface area (Å²) in [5.74, 6) is 2.25. The molecule has 164 valence electrons. The third kappa shape index (κ3) is 4.37. The summed E-state index contributed by atoms with van der Waals surface area (Å²) < 4.78 is 5.56. The van der Waals surface area contributed by atoms with E-state index in [0.717, 1.165) is 80.4 Å². The van der Waals surface area contributed by atoms with Crippen molar-refractivity contribution in [3.8, 4) is 0 Å². The van der Waals surface area contributed by atoms with Crippen molar-refractivity contribution in [1.82, 2.24) is 14.9 Å². The maximum Gasteiger partial charge on any atom is 0.228 e. The van der Waals surface area contributed by atoms with Crippen molar-refractivity contribution in [3.05, 3.63) is 53.0 Å². The van der Waals surface area contributed by atoms with Crippen LogP contribution in [0.4, 0.5) is 5.82 Å². The molecule has 1 amide bonds. The van der Waals surface area contributed by atoms with Gasteiger partial charge in [0.1, 0.15) is 11.6 Å². The van der Waals surface area contributed by atoms with Gasteiger partial charge in [0.15, 0.2) is 0 Å². The largest absolute Gasteiger partial charge is 0.381 e. The Morgan fingerprint density at radius 2 is 1.87 bits per heavy atom. The Bertz CT molecular complexity index is 927. The Balaban J connectivity index is 1.42. The van der Waals surface area contributed by atoms with Gasteiger partial charge in [0, 0.05) is 49.4 Å². The van der Waals surface area contributed by atoms with Crippen LogP contribution >= 0.6 is 0 Å². The van der Waals surface area contributed by atoms with Gasteiger partial charge < -0.3 is 4.74 Å². The Labute approximate surface area is 184 Å². The van der Waals surface area contributed by atoms with Crippen LogP contribution in [-0.2, 0) is 22.5 Å². The lowest BCUT2D eigenvalue weighted by Gasteiger charge is -2.39. The molecule has 3 aliphatic rings. The van der Waals surface area contributed by atoms with Crippen molar-refractivity contribution in [1.29, 1.82) is 0 Å². The summed E-state index contributed by atoms with van der Waals surface area (Å²) in [6.07, 6.45) is 5.81. The zero-order valence-corrected chi connectivity index (χ0v) is 18.4. The lowest BCUT2D eigenvalue weighted by Crippen LogP contribution is -2.45. The Morgan fingerprint density at radius 1 is 1.06 bits per heavy atom. The first-order valence-corrected chi connectivity index (χ1v) is 11.7. The van der Waals surface area contributed by atoms with Gasteiger partial charge in [-0.3, -0.25) is 14.6 Å². The van der Waals surface area contributed by atoms with E-state index in [9.17, 15) is 4.79 Å². The van der Waals surface area contributed by atoms with E-state index in [0.29, 0.717) is 24.9 Å². The molecule has 2 aromatic rings. The highest BCUT2D eigenvalue weighted by Crippen LogP contribution is 2.34. The number of benzene rings is 1. The first-order valence-electron chi connectivity index (χ1n) is 11.7. The van der Waals surface area contributed by atoms with Crippen LogP contribution in [0.3, 0.4) is 0 Å². The lowest BCUT2D eigenvalue weighted by atomic mass is 9.93. The molecule has 6 nitrogen and oxygen atoms in total. The summed E-state index contributed by atoms with van der Waals surface area (Å²) in [5, 5.41) is 0. The van der Waals surface area contributed by atoms with Gasteiger partial charge in [-0.25, -0.2) is 9.97 Å². The molecule has 0 N–H and O–H groups in total. The van der Waals surface area contributed by atoms with Crippen LogP contribution in [0.1, 0.15) is 60.7 Å². The quantitative estimate of drug-likeness (QED) is 0.756. The van der Waals surface area contributed by atoms with Crippen molar-refractivity contribution in [2.24, 2.45) is 0 Å². The van der Waals surface area contributed by atoms with E-state index in [1.165, 1.54) is 6.42 Å². The Hall–Kier alpha value is -2.31. The fourth-order valence-electron chi connectivity index (χ4n) is 5.31. The molecular formula is C25H32N4O2. The van der Waals surface area contributed by atoms with Gasteiger partial charge in [-0.1, -0.05) is 30.3 Å². The average Bonchev–Trinajstić information content (AvgIpc) is 2.82. The van der Waals surface area contributed by atoms with Crippen molar-refractivity contribution in [2.45, 2.75) is 64.0 Å². The van der Waals surface area contributed by atoms with Crippen LogP contribution in [-0.4, -0.2) is 53.1 Å². The molecule has 4 heterocycles. The molecule has 0 unspecified atom stereocenters. The Morgan fingerprint density at radius 3 is 2.68 bits per heavy atom. The van der Waals surface area contributed by atoms with Gasteiger partial charge >= 0.3 is 0 Å². The molecule has 2 saturated heterocycles. The monoisotopic (exact) mass is 420 g/mol. The molecule has 3 aliphatic heterocycles. The summed E-state index contributed by atoms with van der Waals surface area (Å²) in [6, 6.07) is 10.8. The zero-order valence-electron chi connectivity index (χ0n) is 18.4. The molecule has 6 heteroatoms. The molecule has 31 heavy (non-hydrogen) atoms. The lowest BCUT2D eigenvalue weighted by molar-refractivity contribution is -0.119. The van der Waals surface area contributed by atoms with Gasteiger partial charge in [0.25, 0.3) is 0 Å². The number of likely N-dealkylation sites (tertiary alicyclic amines) is 1. The maximum atomic E-state index is 12.9. The summed E-state index contributed by atoms with van der Waals surface area (Å²) >= 11 is 0. The van der Waals surface area contributed by atoms with Gasteiger partial charge in [-0.05, 0) is 51.1 Å². The standard InChI is InChI=1S/C25H32N4O2/c1-18-22-9-10-23(30)29(16-19-6-3-2-4-7-19)25(22)27-24(26-18)20-8-5-13-28(17-20)21-11-14-31-15-12-21/h2-4,6-7,20-21H,5,8-17H2,1H3/t20-/m1/s1. The van der Waals surface area contributed by atoms with Gasteiger partial charge in [0.05, 0.1) is 6.54 Å². The molecule has 1 aromatic heterocycles. The summed E-state index contributed by atoms with van der Waals surface area (Å²) in [5.41, 5.74) is 3.30. The van der Waals surface area contributed by atoms with Crippen LogP contribution in [0.2, 0.25) is 0 Å². The number of anilines is 1. The predicted octanol–water partition coefficient (Wildman–Crippen LogP) is 3.62. The summed E-state index contributed by atoms with van der Waals surface area (Å²) in [6.45, 7) is 6.56. The Kier molecular flexibility index (Phi) is 6.01. The molecule has 1 atom stereocenters. The number of hydrogen-bond acceptors (Lipinski definition) is 5. The minimum Gasteiger partial charge on any atom is -0.381 e. The molecular weight excluding hydrogens is 388 g/mol. The van der Waals surface area contributed by atoms with E-state index in [1.807, 2.05) is 23.1 Å². The molecule has 0 saturated carbocycles. The third-order valence-electron chi connectivity index (χ3n) is 7.06. The molecule has 0 radical (unpaired) electrons. The van der Waals surface area contributed by atoms with Crippen LogP contribution in [0.15, 0.2) is 30.3 Å². The van der Waals surface area contributed by atoms with Crippen molar-refractivity contribution in [3.63, 3.8) is 0 Å². The van der Waals surface area contributed by atoms with Crippen molar-refractivity contribution in [2.75, 3.05) is 31.2 Å². The second kappa shape index (κ2) is 9.05. The van der Waals surface area contributed by atoms with E-state index in [-0.39, 0.29) is 5.91 Å². The number of amides is 1. The van der Waals surface area contributed by atoms with Crippen molar-refractivity contribution >= 4 is 11.7 Å². The first-order chi connectivity index (χ1) is 15.2. The van der Waals surface area contributed by atoms with Crippen LogP contribution < -0.4 is 4.90 Å². The highest BCUT2D eigenvalue weighted by molar-refractivity contribution is 5.95. The SMILES string of the molecule is Cc1nc([C@@H]2CCCN(C3CCOCC3)C2)nc2c1CCC(=O)N2Cc1ccccc1. The van der Waals surface area contributed by atoms with E-state index in [4.69, 9.17) is 14.7 Å². The van der Waals surface area contributed by atoms with E-state index < -0.39 is 0 Å². The topological polar surface area (TPSA) is 58.6 Å². The van der Waals surface area contributed by atoms with E-state index in [2.05, 4.69) is 24.0 Å². The minimum atomic E-state index is 0.160. The fraction of sp³-hybridized carbons (Fsp3) is 0.560. The number of aryl methyl sites for hydroxylation is 1. The number of carbonyl (C=O) groups is 1. The number of ether oxygens (including phenoxy) is 1. The molecule has 2 fully saturated rings. The van der Waals surface area contributed by atoms with Crippen LogP contribution in [0, 0.1) is 6.92 Å². The van der Waals surface area contributed by atoms with Crippen molar-refractivity contribution < 1.29 is 9.53 Å². The van der Waals surface area contributed by atoms with Gasteiger partial charge in [0.2, 0.25) is 5.91 Å². The number of rotatable bonds is 4. The summed E-state index contributed by atoms with van der Waals surface area (Å²) in [7, 11) is 0. The van der Waals surface area contributed by atoms with Gasteiger partial charge in [-0.15, -0.1) is 0 Å². The predicted molar refractivity (Wildman–Crippen MR) is 120 cm³/mol. The zero-order chi connectivity index (χ0) is 21.2. The number of aromatic nitrogens is 2. The average molecular weight is 421 g/mol. The fourth-order valence-corrected chi connectivity index (χ4v) is 5.31. The second-order valence-electron chi connectivity index (χ2n) is 9.11. The van der Waals surface area contributed by atoms with Crippen LogP contribution in [0.25, 0.3) is 0 Å². The molecule has 0 bridgehead atoms. The minimum absolute atomic E-state index is 0.160. The molecule has 5 rings (SSSR count). The second-order valence-corrected chi connectivity index (χ2v) is 9.11. The summed E-state index contributed by atoms with van der Waals surface area (Å²) in [4.78, 5) is 27.4. The molecule has 1 aromatic carbocycles. The highest BCUT2D eigenvalue weighted by Gasteiger charge is 2.32. The number of carbonyl (C=O) groups excluding carboxylic acids is 1. The molecule has 0 spiro atoms. The number of piperidine rings is 1. The van der Waals surface area contributed by atoms with Crippen LogP contribution in [0.5, 0.6) is 0 Å². The highest BCUT2D eigenvalue weighted by atomic mass is 16.5. The van der Waals surface area contributed by atoms with E-state index >= 15 is 0 Å². The normalized spacial score (nSPS) is 23.1. The number of nitrogens with zero attached hydrogens (tertiary/aromatic N) is 4. The first kappa shape index (κ1) is 20.6. The smallest absolute Gasteiger partial charge is 0.228 e. The van der Waals surface area contributed by atoms with Gasteiger partial charge in [-0.2, -0.15) is 0 Å². The maximum absolute atomic E-state index is 12.9. The molecule has 0 aliphatic carbocycles. The number of hydrogen-bond donors (Lipinski definition) is 0. The third-order valence-corrected chi connectivity index (χ3v) is 7.06. The van der Waals surface area contributed by atoms with E-state index in [1.54, 1.807) is 0 Å².